The summed E-state index contributed by atoms with van der Waals surface area (Å²) in [4.78, 5) is 23.4. The lowest BCUT2D eigenvalue weighted by Crippen LogP contribution is -2.37. The van der Waals surface area contributed by atoms with Crippen LogP contribution in [0.5, 0.6) is 5.75 Å². The summed E-state index contributed by atoms with van der Waals surface area (Å²) in [5, 5.41) is 0.694. The molecule has 0 unspecified atom stereocenters. The summed E-state index contributed by atoms with van der Waals surface area (Å²) in [5.41, 5.74) is 8.94. The molecule has 0 atom stereocenters. The van der Waals surface area contributed by atoms with E-state index in [1.165, 1.54) is 19.2 Å². The van der Waals surface area contributed by atoms with Gasteiger partial charge in [0.2, 0.25) is 5.95 Å². The van der Waals surface area contributed by atoms with E-state index in [-0.39, 0.29) is 18.4 Å². The highest BCUT2D eigenvalue weighted by atomic mass is 35.5. The Hall–Kier alpha value is -2.90. The van der Waals surface area contributed by atoms with E-state index in [1.54, 1.807) is 29.2 Å². The Morgan fingerprint density at radius 2 is 1.97 bits per heavy atom. The third-order valence-corrected chi connectivity index (χ3v) is 5.69. The molecule has 0 fully saturated rings. The number of nitrogen functional groups attached to an aromatic ring is 1. The number of carbonyl (C=O) groups is 1. The van der Waals surface area contributed by atoms with Crippen molar-refractivity contribution in [2.45, 2.75) is 13.0 Å². The van der Waals surface area contributed by atoms with E-state index >= 15 is 0 Å². The summed E-state index contributed by atoms with van der Waals surface area (Å²) >= 11 is 12.0. The van der Waals surface area contributed by atoms with E-state index in [9.17, 15) is 9.18 Å². The molecule has 4 rings (SSSR count). The van der Waals surface area contributed by atoms with Crippen LogP contribution in [0.1, 0.15) is 21.6 Å². The van der Waals surface area contributed by atoms with Crippen LogP contribution in [-0.4, -0.2) is 34.4 Å². The molecule has 3 aromatic rings. The molecule has 0 spiro atoms. The molecule has 154 valence electrons. The van der Waals surface area contributed by atoms with E-state index in [2.05, 4.69) is 9.97 Å². The molecule has 0 radical (unpaired) electrons. The lowest BCUT2D eigenvalue weighted by molar-refractivity contribution is 0.0734. The molecule has 2 heterocycles. The van der Waals surface area contributed by atoms with Crippen LogP contribution in [0.3, 0.4) is 0 Å². The summed E-state index contributed by atoms with van der Waals surface area (Å²) in [6.45, 7) is 0.729. The highest BCUT2D eigenvalue weighted by molar-refractivity contribution is 6.42. The average molecular weight is 447 g/mol. The topological polar surface area (TPSA) is 81.3 Å². The van der Waals surface area contributed by atoms with Crippen LogP contribution in [0.25, 0.3) is 11.3 Å². The van der Waals surface area contributed by atoms with Gasteiger partial charge in [0.25, 0.3) is 5.91 Å². The van der Waals surface area contributed by atoms with Crippen LogP contribution in [-0.2, 0) is 13.0 Å². The number of carbonyl (C=O) groups excluding carboxylic acids is 1. The van der Waals surface area contributed by atoms with E-state index in [0.29, 0.717) is 45.6 Å². The number of benzene rings is 2. The molecular weight excluding hydrogens is 430 g/mol. The molecule has 0 saturated heterocycles. The Morgan fingerprint density at radius 3 is 2.70 bits per heavy atom. The first-order chi connectivity index (χ1) is 14.4. The van der Waals surface area contributed by atoms with Crippen LogP contribution in [0.2, 0.25) is 10.0 Å². The van der Waals surface area contributed by atoms with Gasteiger partial charge in [0.1, 0.15) is 11.6 Å². The largest absolute Gasteiger partial charge is 0.496 e. The Kier molecular flexibility index (Phi) is 5.49. The third kappa shape index (κ3) is 3.78. The van der Waals surface area contributed by atoms with Gasteiger partial charge in [-0.15, -0.1) is 0 Å². The van der Waals surface area contributed by atoms with Crippen LogP contribution >= 0.6 is 23.2 Å². The lowest BCUT2D eigenvalue weighted by Gasteiger charge is -2.30. The second-order valence-electron chi connectivity index (χ2n) is 6.81. The minimum atomic E-state index is -0.428. The second-order valence-corrected chi connectivity index (χ2v) is 7.62. The Bertz CT molecular complexity index is 1160. The standard InChI is InChI=1S/C21H17Cl2FN4O2/c1-30-18-9-12(24)3-4-13(18)19-14-10-28(7-6-17(14)26-21(25)27-19)20(29)11-2-5-15(22)16(23)8-11/h2-5,8-9H,6-7,10H2,1H3,(H2,25,26,27). The van der Waals surface area contributed by atoms with E-state index < -0.39 is 5.82 Å². The van der Waals surface area contributed by atoms with Crippen LogP contribution in [0.4, 0.5) is 10.3 Å². The zero-order valence-corrected chi connectivity index (χ0v) is 17.5. The first-order valence-electron chi connectivity index (χ1n) is 9.11. The third-order valence-electron chi connectivity index (χ3n) is 4.95. The zero-order valence-electron chi connectivity index (χ0n) is 16.0. The molecule has 0 saturated carbocycles. The van der Waals surface area contributed by atoms with Crippen molar-refractivity contribution in [3.05, 3.63) is 69.1 Å². The smallest absolute Gasteiger partial charge is 0.254 e. The Morgan fingerprint density at radius 1 is 1.17 bits per heavy atom. The minimum absolute atomic E-state index is 0.111. The zero-order chi connectivity index (χ0) is 21.4. The number of aromatic nitrogens is 2. The maximum atomic E-state index is 13.7. The quantitative estimate of drug-likeness (QED) is 0.645. The summed E-state index contributed by atoms with van der Waals surface area (Å²) < 4.78 is 19.0. The van der Waals surface area contributed by atoms with E-state index in [4.69, 9.17) is 33.7 Å². The molecule has 6 nitrogen and oxygen atoms in total. The fourth-order valence-electron chi connectivity index (χ4n) is 3.50. The minimum Gasteiger partial charge on any atom is -0.496 e. The molecule has 1 aliphatic rings. The summed E-state index contributed by atoms with van der Waals surface area (Å²) in [7, 11) is 1.45. The van der Waals surface area contributed by atoms with Gasteiger partial charge in [0.05, 0.1) is 28.5 Å². The number of nitrogens with two attached hydrogens (primary N) is 1. The van der Waals surface area contributed by atoms with Crippen molar-refractivity contribution in [3.63, 3.8) is 0 Å². The van der Waals surface area contributed by atoms with Crippen LogP contribution in [0.15, 0.2) is 36.4 Å². The van der Waals surface area contributed by atoms with Gasteiger partial charge in [-0.25, -0.2) is 14.4 Å². The molecule has 9 heteroatoms. The van der Waals surface area contributed by atoms with E-state index in [1.807, 2.05) is 0 Å². The maximum absolute atomic E-state index is 13.7. The van der Waals surface area contributed by atoms with Gasteiger partial charge in [-0.1, -0.05) is 23.2 Å². The fraction of sp³-hybridized carbons (Fsp3) is 0.190. The van der Waals surface area contributed by atoms with Crippen LogP contribution in [0, 0.1) is 5.82 Å². The molecule has 0 aliphatic carbocycles. The summed E-state index contributed by atoms with van der Waals surface area (Å²) in [5.74, 6) is -0.182. The molecule has 2 N–H and O–H groups in total. The molecule has 2 aromatic carbocycles. The normalized spacial score (nSPS) is 13.1. The van der Waals surface area contributed by atoms with Crippen molar-refractivity contribution >= 4 is 35.1 Å². The molecule has 1 aromatic heterocycles. The number of ether oxygens (including phenoxy) is 1. The molecular formula is C21H17Cl2FN4O2. The molecule has 1 amide bonds. The SMILES string of the molecule is COc1cc(F)ccc1-c1nc(N)nc2c1CN(C(=O)c1ccc(Cl)c(Cl)c1)CC2. The number of rotatable bonds is 3. The number of methoxy groups -OCH3 is 1. The van der Waals surface area contributed by atoms with Gasteiger partial charge in [-0.2, -0.15) is 0 Å². The number of halogens is 3. The molecule has 30 heavy (non-hydrogen) atoms. The lowest BCUT2D eigenvalue weighted by atomic mass is 9.98. The first-order valence-corrected chi connectivity index (χ1v) is 9.86. The van der Waals surface area contributed by atoms with Crippen molar-refractivity contribution in [2.75, 3.05) is 19.4 Å². The number of nitrogens with zero attached hydrogens (tertiary/aromatic N) is 3. The van der Waals surface area contributed by atoms with Gasteiger partial charge < -0.3 is 15.4 Å². The van der Waals surface area contributed by atoms with Gasteiger partial charge in [-0.05, 0) is 30.3 Å². The van der Waals surface area contributed by atoms with Crippen molar-refractivity contribution < 1.29 is 13.9 Å². The predicted molar refractivity (Wildman–Crippen MR) is 113 cm³/mol. The van der Waals surface area contributed by atoms with Gasteiger partial charge >= 0.3 is 0 Å². The van der Waals surface area contributed by atoms with Gasteiger partial charge in [-0.3, -0.25) is 4.79 Å². The highest BCUT2D eigenvalue weighted by Crippen LogP contribution is 2.35. The Balaban J connectivity index is 1.74. The van der Waals surface area contributed by atoms with Crippen molar-refractivity contribution in [2.24, 2.45) is 0 Å². The maximum Gasteiger partial charge on any atom is 0.254 e. The monoisotopic (exact) mass is 446 g/mol. The molecule has 1 aliphatic heterocycles. The number of amides is 1. The predicted octanol–water partition coefficient (Wildman–Crippen LogP) is 4.38. The second kappa shape index (κ2) is 8.08. The number of anilines is 1. The van der Waals surface area contributed by atoms with E-state index in [0.717, 1.165) is 11.3 Å². The summed E-state index contributed by atoms with van der Waals surface area (Å²) in [6.07, 6.45) is 0.506. The van der Waals surface area contributed by atoms with Gasteiger partial charge in [0.15, 0.2) is 0 Å². The van der Waals surface area contributed by atoms with Crippen molar-refractivity contribution in [1.29, 1.82) is 0 Å². The van der Waals surface area contributed by atoms with Crippen LogP contribution < -0.4 is 10.5 Å². The Labute approximate surface area is 182 Å². The number of hydrogen-bond acceptors (Lipinski definition) is 5. The molecule has 0 bridgehead atoms. The van der Waals surface area contributed by atoms with Crippen molar-refractivity contribution in [3.8, 4) is 17.0 Å². The summed E-state index contributed by atoms with van der Waals surface area (Å²) in [6, 6.07) is 8.95. The van der Waals surface area contributed by atoms with Gasteiger partial charge in [0, 0.05) is 42.3 Å². The average Bonchev–Trinajstić information content (AvgIpc) is 2.74. The highest BCUT2D eigenvalue weighted by Gasteiger charge is 2.27. The van der Waals surface area contributed by atoms with Crippen molar-refractivity contribution in [1.82, 2.24) is 14.9 Å². The number of fused-ring (bicyclic) bond motifs is 1. The first kappa shape index (κ1) is 20.4. The fourth-order valence-corrected chi connectivity index (χ4v) is 3.80. The number of hydrogen-bond donors (Lipinski definition) is 1.